The number of imidazole rings is 1. The van der Waals surface area contributed by atoms with Crippen LogP contribution in [0.3, 0.4) is 0 Å². The van der Waals surface area contributed by atoms with Gasteiger partial charge in [-0.25, -0.2) is 4.57 Å². The Morgan fingerprint density at radius 1 is 1.05 bits per heavy atom. The van der Waals surface area contributed by atoms with E-state index >= 15 is 0 Å². The van der Waals surface area contributed by atoms with Gasteiger partial charge in [0, 0.05) is 36.1 Å². The number of nitrogens with one attached hydrogen (secondary N) is 3. The van der Waals surface area contributed by atoms with Gasteiger partial charge in [0.2, 0.25) is 5.91 Å². The fourth-order valence-corrected chi connectivity index (χ4v) is 7.89. The van der Waals surface area contributed by atoms with E-state index in [0.29, 0.717) is 12.1 Å². The number of hydrogen-bond acceptors (Lipinski definition) is 3. The smallest absolute Gasteiger partial charge is 0.301 e. The number of benzene rings is 2. The summed E-state index contributed by atoms with van der Waals surface area (Å²) in [5.41, 5.74) is 9.87. The first-order valence-corrected chi connectivity index (χ1v) is 16.3. The van der Waals surface area contributed by atoms with Gasteiger partial charge in [0.05, 0.1) is 17.7 Å². The number of amides is 1. The molecule has 0 aliphatic carbocycles. The van der Waals surface area contributed by atoms with Crippen molar-refractivity contribution in [3.05, 3.63) is 83.3 Å². The van der Waals surface area contributed by atoms with Crippen molar-refractivity contribution in [2.45, 2.75) is 90.3 Å². The number of nitrogens with zero attached hydrogens (tertiary/aromatic N) is 3. The van der Waals surface area contributed by atoms with Gasteiger partial charge >= 0.3 is 5.65 Å². The number of rotatable bonds is 9. The maximum Gasteiger partial charge on any atom is 0.301 e. The van der Waals surface area contributed by atoms with Gasteiger partial charge in [-0.15, -0.1) is 4.98 Å². The van der Waals surface area contributed by atoms with Crippen LogP contribution in [0.5, 0.6) is 0 Å². The number of aromatic nitrogens is 4. The van der Waals surface area contributed by atoms with Crippen molar-refractivity contribution in [3.8, 4) is 11.3 Å². The highest BCUT2D eigenvalue weighted by Crippen LogP contribution is 2.42. The Kier molecular flexibility index (Phi) is 7.32. The predicted molar refractivity (Wildman–Crippen MR) is 177 cm³/mol. The highest BCUT2D eigenvalue weighted by atomic mass is 16.2. The molecular formula is C37H45N6O+. The Bertz CT molecular complexity index is 1810. The zero-order chi connectivity index (χ0) is 30.6. The second kappa shape index (κ2) is 11.2. The number of aryl methyl sites for hydroxylation is 2. The lowest BCUT2D eigenvalue weighted by Crippen LogP contribution is -2.45. The van der Waals surface area contributed by atoms with E-state index < -0.39 is 5.41 Å². The minimum atomic E-state index is -0.583. The van der Waals surface area contributed by atoms with Gasteiger partial charge in [-0.2, -0.15) is 0 Å². The number of H-pyrrole nitrogens is 2. The van der Waals surface area contributed by atoms with Crippen LogP contribution in [0, 0.1) is 13.8 Å². The van der Waals surface area contributed by atoms with Crippen molar-refractivity contribution in [1.29, 1.82) is 0 Å². The maximum atomic E-state index is 14.0. The van der Waals surface area contributed by atoms with Gasteiger partial charge in [0.1, 0.15) is 6.20 Å². The molecule has 2 bridgehead atoms. The molecule has 7 rings (SSSR count). The molecule has 2 fully saturated rings. The van der Waals surface area contributed by atoms with Crippen molar-refractivity contribution in [1.82, 2.24) is 25.2 Å². The third kappa shape index (κ3) is 5.01. The average molecular weight is 590 g/mol. The van der Waals surface area contributed by atoms with Crippen LogP contribution in [0.4, 0.5) is 0 Å². The van der Waals surface area contributed by atoms with E-state index in [-0.39, 0.29) is 11.8 Å². The highest BCUT2D eigenvalue weighted by molar-refractivity contribution is 5.95. The Hall–Kier alpha value is -3.97. The minimum Gasteiger partial charge on any atom is -0.354 e. The Labute approximate surface area is 260 Å². The number of aromatic amines is 2. The first kappa shape index (κ1) is 28.8. The highest BCUT2D eigenvalue weighted by Gasteiger charge is 2.47. The third-order valence-corrected chi connectivity index (χ3v) is 10.2. The Balaban J connectivity index is 1.20. The van der Waals surface area contributed by atoms with Crippen LogP contribution in [-0.2, 0) is 16.8 Å². The summed E-state index contributed by atoms with van der Waals surface area (Å²) in [6.07, 6.45) is 8.48. The second-order valence-corrected chi connectivity index (χ2v) is 13.8. The number of carbonyl (C=O) groups excluding carboxylic acids is 1. The second-order valence-electron chi connectivity index (χ2n) is 13.8. The quantitative estimate of drug-likeness (QED) is 0.137. The first-order chi connectivity index (χ1) is 21.2. The topological polar surface area (TPSA) is 80.7 Å². The fraction of sp³-hybridized carbons (Fsp3) is 0.432. The summed E-state index contributed by atoms with van der Waals surface area (Å²) in [7, 11) is 0. The lowest BCUT2D eigenvalue weighted by Gasteiger charge is -2.33. The van der Waals surface area contributed by atoms with Crippen molar-refractivity contribution in [2.75, 3.05) is 13.1 Å². The molecule has 3 aromatic heterocycles. The SMILES string of the molecule is Cc1cc(C)cc(-c2[nH]c3ccc(C(C)(C)C(=O)N4C5CCC4CC5)cc3c2[C@H](C)CNCC[n+]2c[nH]c3cccnc32)c1. The molecule has 0 saturated carbocycles. The van der Waals surface area contributed by atoms with E-state index in [4.69, 9.17) is 0 Å². The lowest BCUT2D eigenvalue weighted by atomic mass is 9.81. The molecule has 1 amide bonds. The normalized spacial score (nSPS) is 19.0. The molecule has 5 heterocycles. The number of carbonyl (C=O) groups is 1. The molecule has 0 unspecified atom stereocenters. The summed E-state index contributed by atoms with van der Waals surface area (Å²) < 4.78 is 2.16. The minimum absolute atomic E-state index is 0.245. The standard InChI is InChI=1S/C37H44N6O/c1-23-17-24(2)19-26(18-23)34-33(25(3)21-38-15-16-42-22-40-32-7-6-14-39-35(32)42)30-20-27(8-13-31(30)41-34)37(4,5)36(44)43-28-9-10-29(43)12-11-28/h6-8,13-14,17-20,22,25,28-29,38,41H,9-12,15-16,21H2,1-5H3/p+1/t25-,28?,29?/m1/s1. The molecule has 44 heavy (non-hydrogen) atoms. The molecular weight excluding hydrogens is 544 g/mol. The lowest BCUT2D eigenvalue weighted by molar-refractivity contribution is -0.671. The third-order valence-electron chi connectivity index (χ3n) is 10.2. The van der Waals surface area contributed by atoms with Crippen LogP contribution in [-0.4, -0.2) is 50.9 Å². The van der Waals surface area contributed by atoms with Gasteiger partial charge in [-0.05, 0) is 112 Å². The summed E-state index contributed by atoms with van der Waals surface area (Å²) in [6.45, 7) is 13.4. The van der Waals surface area contributed by atoms with E-state index in [0.717, 1.165) is 67.6 Å². The van der Waals surface area contributed by atoms with Gasteiger partial charge in [0.25, 0.3) is 0 Å². The van der Waals surface area contributed by atoms with Crippen LogP contribution in [0.1, 0.15) is 74.6 Å². The molecule has 2 aliphatic rings. The maximum absolute atomic E-state index is 14.0. The van der Waals surface area contributed by atoms with Crippen molar-refractivity contribution in [2.24, 2.45) is 0 Å². The molecule has 5 aromatic rings. The fourth-order valence-electron chi connectivity index (χ4n) is 7.89. The van der Waals surface area contributed by atoms with E-state index in [1.807, 2.05) is 18.6 Å². The van der Waals surface area contributed by atoms with Gasteiger partial charge in [0.15, 0.2) is 11.8 Å². The van der Waals surface area contributed by atoms with Crippen LogP contribution in [0.25, 0.3) is 33.3 Å². The zero-order valence-electron chi connectivity index (χ0n) is 26.7. The monoisotopic (exact) mass is 589 g/mol. The van der Waals surface area contributed by atoms with Crippen molar-refractivity contribution in [3.63, 3.8) is 0 Å². The summed E-state index contributed by atoms with van der Waals surface area (Å²) in [5, 5.41) is 4.94. The molecule has 3 N–H and O–H groups in total. The van der Waals surface area contributed by atoms with Crippen LogP contribution in [0.15, 0.2) is 61.1 Å². The predicted octanol–water partition coefficient (Wildman–Crippen LogP) is 6.44. The van der Waals surface area contributed by atoms with E-state index in [1.54, 1.807) is 0 Å². The van der Waals surface area contributed by atoms with Crippen molar-refractivity contribution >= 4 is 28.0 Å². The summed E-state index contributed by atoms with van der Waals surface area (Å²) in [4.78, 5) is 27.9. The van der Waals surface area contributed by atoms with Crippen LogP contribution < -0.4 is 9.88 Å². The number of hydrogen-bond donors (Lipinski definition) is 3. The summed E-state index contributed by atoms with van der Waals surface area (Å²) >= 11 is 0. The van der Waals surface area contributed by atoms with E-state index in [2.05, 4.69) is 107 Å². The zero-order valence-corrected chi connectivity index (χ0v) is 26.7. The van der Waals surface area contributed by atoms with Gasteiger partial charge < -0.3 is 15.2 Å². The largest absolute Gasteiger partial charge is 0.354 e. The molecule has 2 aliphatic heterocycles. The van der Waals surface area contributed by atoms with Gasteiger partial charge in [-0.3, -0.25) is 9.78 Å². The molecule has 2 saturated heterocycles. The number of pyridine rings is 1. The Morgan fingerprint density at radius 3 is 2.50 bits per heavy atom. The molecule has 7 nitrogen and oxygen atoms in total. The van der Waals surface area contributed by atoms with Crippen molar-refractivity contribution < 1.29 is 9.36 Å². The van der Waals surface area contributed by atoms with E-state index in [1.165, 1.54) is 33.3 Å². The average Bonchev–Trinajstić information content (AvgIpc) is 3.80. The first-order valence-electron chi connectivity index (χ1n) is 16.3. The number of fused-ring (bicyclic) bond motifs is 4. The molecule has 0 spiro atoms. The van der Waals surface area contributed by atoms with Crippen LogP contribution >= 0.6 is 0 Å². The molecule has 0 radical (unpaired) electrons. The van der Waals surface area contributed by atoms with E-state index in [9.17, 15) is 4.79 Å². The summed E-state index contributed by atoms with van der Waals surface area (Å²) in [5.74, 6) is 0.529. The Morgan fingerprint density at radius 2 is 1.77 bits per heavy atom. The molecule has 7 heteroatoms. The summed E-state index contributed by atoms with van der Waals surface area (Å²) in [6, 6.07) is 18.3. The molecule has 1 atom stereocenters. The van der Waals surface area contributed by atoms with Crippen LogP contribution in [0.2, 0.25) is 0 Å². The van der Waals surface area contributed by atoms with Gasteiger partial charge in [-0.1, -0.05) is 30.2 Å². The molecule has 2 aromatic carbocycles. The molecule has 228 valence electrons.